The molecule has 1 amide bonds. The molecule has 2 saturated heterocycles. The molecule has 0 radical (unpaired) electrons. The Morgan fingerprint density at radius 3 is 3.20 bits per heavy atom. The van der Waals surface area contributed by atoms with Gasteiger partial charge in [-0.3, -0.25) is 4.79 Å². The van der Waals surface area contributed by atoms with E-state index in [1.807, 2.05) is 11.0 Å². The summed E-state index contributed by atoms with van der Waals surface area (Å²) in [5.41, 5.74) is 0. The Morgan fingerprint density at radius 1 is 1.53 bits per heavy atom. The molecular weight excluding hydrogens is 188 g/mol. The summed E-state index contributed by atoms with van der Waals surface area (Å²) in [5.74, 6) is 1.01. The van der Waals surface area contributed by atoms with E-state index < -0.39 is 0 Å². The van der Waals surface area contributed by atoms with Gasteiger partial charge in [0, 0.05) is 25.6 Å². The quantitative estimate of drug-likeness (QED) is 0.706. The van der Waals surface area contributed by atoms with Gasteiger partial charge in [0.15, 0.2) is 0 Å². The maximum absolute atomic E-state index is 11.8. The van der Waals surface area contributed by atoms with Crippen LogP contribution in [0.15, 0.2) is 12.7 Å². The topological polar surface area (TPSA) is 32.3 Å². The Bertz CT molecular complexity index is 252. The van der Waals surface area contributed by atoms with Gasteiger partial charge in [-0.25, -0.2) is 0 Å². The molecule has 3 heteroatoms. The van der Waals surface area contributed by atoms with Crippen LogP contribution in [0.4, 0.5) is 0 Å². The molecule has 1 N–H and O–H groups in total. The number of nitrogens with one attached hydrogen (secondary N) is 1. The summed E-state index contributed by atoms with van der Waals surface area (Å²) in [6.07, 6.45) is 5.62. The first-order valence-electron chi connectivity index (χ1n) is 5.93. The zero-order valence-corrected chi connectivity index (χ0v) is 9.24. The monoisotopic (exact) mass is 208 g/mol. The predicted octanol–water partition coefficient (Wildman–Crippen LogP) is 1.16. The number of rotatable bonds is 3. The molecular formula is C12H20N2O. The minimum atomic E-state index is 0.306. The normalized spacial score (nSPS) is 30.0. The van der Waals surface area contributed by atoms with Crippen LogP contribution in [-0.4, -0.2) is 36.5 Å². The van der Waals surface area contributed by atoms with E-state index in [-0.39, 0.29) is 0 Å². The Morgan fingerprint density at radius 2 is 2.40 bits per heavy atom. The molecule has 0 bridgehead atoms. The molecule has 2 unspecified atom stereocenters. The lowest BCUT2D eigenvalue weighted by Crippen LogP contribution is -2.46. The van der Waals surface area contributed by atoms with Crippen LogP contribution in [-0.2, 0) is 4.79 Å². The summed E-state index contributed by atoms with van der Waals surface area (Å²) >= 11 is 0. The van der Waals surface area contributed by atoms with Crippen molar-refractivity contribution < 1.29 is 4.79 Å². The van der Waals surface area contributed by atoms with Crippen LogP contribution >= 0.6 is 0 Å². The first-order chi connectivity index (χ1) is 7.31. The Kier molecular flexibility index (Phi) is 3.41. The van der Waals surface area contributed by atoms with E-state index >= 15 is 0 Å². The lowest BCUT2D eigenvalue weighted by Gasteiger charge is -2.34. The molecule has 2 fully saturated rings. The number of amides is 1. The lowest BCUT2D eigenvalue weighted by atomic mass is 9.93. The molecule has 2 heterocycles. The SMILES string of the molecule is C=CCCC(=O)N1CCC2NCCC2C1. The van der Waals surface area contributed by atoms with E-state index in [1.54, 1.807) is 0 Å². The number of carbonyl (C=O) groups is 1. The van der Waals surface area contributed by atoms with Crippen LogP contribution in [0.5, 0.6) is 0 Å². The Labute approximate surface area is 91.5 Å². The number of fused-ring (bicyclic) bond motifs is 1. The lowest BCUT2D eigenvalue weighted by molar-refractivity contribution is -0.133. The van der Waals surface area contributed by atoms with Crippen LogP contribution in [0.1, 0.15) is 25.7 Å². The second kappa shape index (κ2) is 4.79. The molecule has 2 atom stereocenters. The standard InChI is InChI=1S/C12H20N2O/c1-2-3-4-12(15)14-8-6-11-10(9-14)5-7-13-11/h2,10-11,13H,1,3-9H2. The molecule has 0 aromatic carbocycles. The molecule has 3 nitrogen and oxygen atoms in total. The van der Waals surface area contributed by atoms with Crippen molar-refractivity contribution in [3.8, 4) is 0 Å². The number of nitrogens with zero attached hydrogens (tertiary/aromatic N) is 1. The van der Waals surface area contributed by atoms with Gasteiger partial charge in [0.05, 0.1) is 0 Å². The first-order valence-corrected chi connectivity index (χ1v) is 5.93. The first kappa shape index (κ1) is 10.7. The average molecular weight is 208 g/mol. The van der Waals surface area contributed by atoms with Crippen LogP contribution < -0.4 is 5.32 Å². The molecule has 0 aromatic rings. The smallest absolute Gasteiger partial charge is 0.222 e. The highest BCUT2D eigenvalue weighted by atomic mass is 16.2. The van der Waals surface area contributed by atoms with E-state index in [0.29, 0.717) is 24.3 Å². The van der Waals surface area contributed by atoms with Gasteiger partial charge in [-0.2, -0.15) is 0 Å². The number of piperidine rings is 1. The van der Waals surface area contributed by atoms with E-state index in [2.05, 4.69) is 11.9 Å². The van der Waals surface area contributed by atoms with Crippen molar-refractivity contribution in [3.05, 3.63) is 12.7 Å². The Hall–Kier alpha value is -0.830. The van der Waals surface area contributed by atoms with Gasteiger partial charge in [0.25, 0.3) is 0 Å². The van der Waals surface area contributed by atoms with Crippen LogP contribution in [0.25, 0.3) is 0 Å². The minimum absolute atomic E-state index is 0.306. The molecule has 0 saturated carbocycles. The van der Waals surface area contributed by atoms with Crippen molar-refractivity contribution >= 4 is 5.91 Å². The highest BCUT2D eigenvalue weighted by Gasteiger charge is 2.33. The maximum Gasteiger partial charge on any atom is 0.222 e. The number of allylic oxidation sites excluding steroid dienone is 1. The van der Waals surface area contributed by atoms with Crippen molar-refractivity contribution in [2.45, 2.75) is 31.7 Å². The summed E-state index contributed by atoms with van der Waals surface area (Å²) in [4.78, 5) is 13.8. The van der Waals surface area contributed by atoms with Crippen LogP contribution in [0, 0.1) is 5.92 Å². The van der Waals surface area contributed by atoms with Crippen molar-refractivity contribution in [1.29, 1.82) is 0 Å². The number of carbonyl (C=O) groups excluding carboxylic acids is 1. The van der Waals surface area contributed by atoms with Gasteiger partial charge in [-0.05, 0) is 31.7 Å². The fourth-order valence-corrected chi connectivity index (χ4v) is 2.66. The molecule has 84 valence electrons. The van der Waals surface area contributed by atoms with Gasteiger partial charge in [-0.1, -0.05) is 6.08 Å². The molecule has 0 aromatic heterocycles. The second-order valence-corrected chi connectivity index (χ2v) is 4.57. The fraction of sp³-hybridized carbons (Fsp3) is 0.750. The van der Waals surface area contributed by atoms with Crippen LogP contribution in [0.3, 0.4) is 0 Å². The fourth-order valence-electron chi connectivity index (χ4n) is 2.66. The highest BCUT2D eigenvalue weighted by Crippen LogP contribution is 2.24. The molecule has 2 rings (SSSR count). The Balaban J connectivity index is 1.84. The number of hydrogen-bond acceptors (Lipinski definition) is 2. The van der Waals surface area contributed by atoms with Crippen LogP contribution in [0.2, 0.25) is 0 Å². The molecule has 0 spiro atoms. The predicted molar refractivity (Wildman–Crippen MR) is 60.5 cm³/mol. The summed E-state index contributed by atoms with van der Waals surface area (Å²) in [5, 5.41) is 3.51. The third-order valence-corrected chi connectivity index (χ3v) is 3.57. The molecule has 15 heavy (non-hydrogen) atoms. The zero-order chi connectivity index (χ0) is 10.7. The van der Waals surface area contributed by atoms with E-state index in [9.17, 15) is 4.79 Å². The van der Waals surface area contributed by atoms with Gasteiger partial charge < -0.3 is 10.2 Å². The molecule has 2 aliphatic heterocycles. The second-order valence-electron chi connectivity index (χ2n) is 4.57. The molecule has 0 aliphatic carbocycles. The van der Waals surface area contributed by atoms with Gasteiger partial charge >= 0.3 is 0 Å². The molecule has 2 aliphatic rings. The largest absolute Gasteiger partial charge is 0.342 e. The van der Waals surface area contributed by atoms with Crippen molar-refractivity contribution in [1.82, 2.24) is 10.2 Å². The van der Waals surface area contributed by atoms with Crippen molar-refractivity contribution in [3.63, 3.8) is 0 Å². The summed E-state index contributed by atoms with van der Waals surface area (Å²) in [6, 6.07) is 0.674. The minimum Gasteiger partial charge on any atom is -0.342 e. The summed E-state index contributed by atoms with van der Waals surface area (Å²) in [6.45, 7) is 6.68. The third-order valence-electron chi connectivity index (χ3n) is 3.57. The summed E-state index contributed by atoms with van der Waals surface area (Å²) < 4.78 is 0. The maximum atomic E-state index is 11.8. The zero-order valence-electron chi connectivity index (χ0n) is 9.24. The highest BCUT2D eigenvalue weighted by molar-refractivity contribution is 5.76. The van der Waals surface area contributed by atoms with Gasteiger partial charge in [-0.15, -0.1) is 6.58 Å². The van der Waals surface area contributed by atoms with Crippen molar-refractivity contribution in [2.75, 3.05) is 19.6 Å². The summed E-state index contributed by atoms with van der Waals surface area (Å²) in [7, 11) is 0. The van der Waals surface area contributed by atoms with Crippen molar-refractivity contribution in [2.24, 2.45) is 5.92 Å². The van der Waals surface area contributed by atoms with E-state index in [1.165, 1.54) is 6.42 Å². The van der Waals surface area contributed by atoms with Gasteiger partial charge in [0.1, 0.15) is 0 Å². The van der Waals surface area contributed by atoms with E-state index in [0.717, 1.165) is 32.5 Å². The third kappa shape index (κ3) is 2.40. The van der Waals surface area contributed by atoms with Gasteiger partial charge in [0.2, 0.25) is 5.91 Å². The number of likely N-dealkylation sites (tertiary alicyclic amines) is 1. The number of hydrogen-bond donors (Lipinski definition) is 1. The average Bonchev–Trinajstić information content (AvgIpc) is 2.72. The van der Waals surface area contributed by atoms with E-state index in [4.69, 9.17) is 0 Å².